The van der Waals surface area contributed by atoms with Gasteiger partial charge < -0.3 is 10.2 Å². The Morgan fingerprint density at radius 2 is 2.20 bits per heavy atom. The summed E-state index contributed by atoms with van der Waals surface area (Å²) in [6.45, 7) is 0. The summed E-state index contributed by atoms with van der Waals surface area (Å²) in [5.41, 5.74) is 0. The van der Waals surface area contributed by atoms with Crippen LogP contribution >= 0.6 is 0 Å². The van der Waals surface area contributed by atoms with Crippen LogP contribution in [0, 0.1) is 10.1 Å². The second-order valence-corrected chi connectivity index (χ2v) is 1.94. The first-order valence-corrected chi connectivity index (χ1v) is 2.78. The highest BCUT2D eigenvalue weighted by Gasteiger charge is 2.00. The molecule has 10 heavy (non-hydrogen) atoms. The van der Waals surface area contributed by atoms with E-state index in [1.54, 1.807) is 26.0 Å². The Bertz CT molecular complexity index is 153. The van der Waals surface area contributed by atoms with Crippen molar-refractivity contribution < 1.29 is 4.92 Å². The van der Waals surface area contributed by atoms with E-state index >= 15 is 0 Å². The first-order valence-electron chi connectivity index (χ1n) is 2.78. The number of hydrogen-bond acceptors (Lipinski definition) is 4. The molecule has 5 nitrogen and oxygen atoms in total. The van der Waals surface area contributed by atoms with Gasteiger partial charge in [0.25, 0.3) is 6.20 Å². The fourth-order valence-corrected chi connectivity index (χ4v) is 0.503. The number of nitrogens with one attached hydrogen (secondary N) is 1. The third kappa shape index (κ3) is 2.91. The minimum absolute atomic E-state index is 0.477. The van der Waals surface area contributed by atoms with E-state index in [2.05, 4.69) is 5.32 Å². The van der Waals surface area contributed by atoms with Crippen LogP contribution < -0.4 is 5.32 Å². The summed E-state index contributed by atoms with van der Waals surface area (Å²) in [5.74, 6) is 0.477. The molecule has 0 amide bonds. The van der Waals surface area contributed by atoms with Crippen LogP contribution in [0.25, 0.3) is 0 Å². The van der Waals surface area contributed by atoms with Crippen molar-refractivity contribution in [1.29, 1.82) is 0 Å². The molecule has 0 aliphatic rings. The van der Waals surface area contributed by atoms with Gasteiger partial charge in [0.2, 0.25) is 0 Å². The minimum atomic E-state index is -0.494. The van der Waals surface area contributed by atoms with Gasteiger partial charge in [-0.05, 0) is 0 Å². The molecule has 0 saturated carbocycles. The van der Waals surface area contributed by atoms with Crippen molar-refractivity contribution in [3.63, 3.8) is 0 Å². The Morgan fingerprint density at radius 3 is 2.30 bits per heavy atom. The van der Waals surface area contributed by atoms with Gasteiger partial charge in [-0.25, -0.2) is 0 Å². The van der Waals surface area contributed by atoms with Gasteiger partial charge in [0.1, 0.15) is 0 Å². The zero-order valence-corrected chi connectivity index (χ0v) is 6.29. The highest BCUT2D eigenvalue weighted by molar-refractivity contribution is 4.89. The van der Waals surface area contributed by atoms with Crippen molar-refractivity contribution in [1.82, 2.24) is 10.2 Å². The molecule has 0 saturated heterocycles. The first kappa shape index (κ1) is 8.74. The molecule has 0 unspecified atom stereocenters. The van der Waals surface area contributed by atoms with Crippen molar-refractivity contribution >= 4 is 0 Å². The van der Waals surface area contributed by atoms with Crippen LogP contribution in [0.5, 0.6) is 0 Å². The van der Waals surface area contributed by atoms with E-state index in [0.717, 1.165) is 6.20 Å². The summed E-state index contributed by atoms with van der Waals surface area (Å²) in [4.78, 5) is 11.1. The molecule has 0 aliphatic carbocycles. The maximum absolute atomic E-state index is 9.94. The maximum atomic E-state index is 9.94. The van der Waals surface area contributed by atoms with Gasteiger partial charge in [0.15, 0.2) is 5.82 Å². The summed E-state index contributed by atoms with van der Waals surface area (Å²) in [7, 11) is 5.09. The summed E-state index contributed by atoms with van der Waals surface area (Å²) in [6, 6.07) is 0. The molecule has 0 aromatic rings. The Morgan fingerprint density at radius 1 is 1.70 bits per heavy atom. The van der Waals surface area contributed by atoms with Crippen LogP contribution in [0.1, 0.15) is 0 Å². The van der Waals surface area contributed by atoms with Gasteiger partial charge in [-0.3, -0.25) is 10.1 Å². The molecule has 0 radical (unpaired) electrons. The predicted molar refractivity (Wildman–Crippen MR) is 37.8 cm³/mol. The average Bonchev–Trinajstić information content (AvgIpc) is 1.81. The normalized spacial score (nSPS) is 10.9. The molecular formula is C5H11N3O2. The largest absolute Gasteiger partial charge is 0.370 e. The summed E-state index contributed by atoms with van der Waals surface area (Å²) in [5, 5.41) is 12.6. The lowest BCUT2D eigenvalue weighted by Gasteiger charge is -2.12. The zero-order chi connectivity index (χ0) is 8.15. The standard InChI is InChI=1S/C5H11N3O2/c1-6-5(7(2)3)4-8(9)10/h4,6H,1-3H3/b5-4-. The Kier molecular flexibility index (Phi) is 3.24. The highest BCUT2D eigenvalue weighted by atomic mass is 16.6. The Labute approximate surface area is 59.5 Å². The van der Waals surface area contributed by atoms with Gasteiger partial charge in [-0.2, -0.15) is 0 Å². The fourth-order valence-electron chi connectivity index (χ4n) is 0.503. The first-order chi connectivity index (χ1) is 4.57. The topological polar surface area (TPSA) is 58.4 Å². The van der Waals surface area contributed by atoms with Crippen LogP contribution in [0.3, 0.4) is 0 Å². The second kappa shape index (κ2) is 3.71. The minimum Gasteiger partial charge on any atom is -0.370 e. The monoisotopic (exact) mass is 145 g/mol. The lowest BCUT2D eigenvalue weighted by atomic mass is 10.6. The van der Waals surface area contributed by atoms with Crippen molar-refractivity contribution in [3.05, 3.63) is 22.1 Å². The van der Waals surface area contributed by atoms with Crippen LogP contribution in [-0.4, -0.2) is 31.0 Å². The van der Waals surface area contributed by atoms with Gasteiger partial charge in [0, 0.05) is 21.1 Å². The molecule has 0 rings (SSSR count). The van der Waals surface area contributed by atoms with Crippen molar-refractivity contribution in [2.75, 3.05) is 21.1 Å². The third-order valence-electron chi connectivity index (χ3n) is 0.966. The average molecular weight is 145 g/mol. The summed E-state index contributed by atoms with van der Waals surface area (Å²) in [6.07, 6.45) is 0.917. The van der Waals surface area contributed by atoms with E-state index in [1.807, 2.05) is 0 Å². The third-order valence-corrected chi connectivity index (χ3v) is 0.966. The van der Waals surface area contributed by atoms with E-state index in [-0.39, 0.29) is 0 Å². The lowest BCUT2D eigenvalue weighted by molar-refractivity contribution is -0.404. The molecule has 5 heteroatoms. The van der Waals surface area contributed by atoms with E-state index < -0.39 is 4.92 Å². The zero-order valence-electron chi connectivity index (χ0n) is 6.29. The van der Waals surface area contributed by atoms with Gasteiger partial charge >= 0.3 is 0 Å². The van der Waals surface area contributed by atoms with Crippen LogP contribution in [-0.2, 0) is 0 Å². The fraction of sp³-hybridized carbons (Fsp3) is 0.600. The molecule has 0 aromatic carbocycles. The van der Waals surface area contributed by atoms with E-state index in [4.69, 9.17) is 0 Å². The van der Waals surface area contributed by atoms with Gasteiger partial charge in [-0.15, -0.1) is 0 Å². The molecule has 0 aromatic heterocycles. The molecular weight excluding hydrogens is 134 g/mol. The van der Waals surface area contributed by atoms with Crippen molar-refractivity contribution in [2.45, 2.75) is 0 Å². The molecule has 58 valence electrons. The molecule has 0 atom stereocenters. The van der Waals surface area contributed by atoms with Crippen LogP contribution in [0.2, 0.25) is 0 Å². The van der Waals surface area contributed by atoms with E-state index in [0.29, 0.717) is 5.82 Å². The van der Waals surface area contributed by atoms with Gasteiger partial charge in [-0.1, -0.05) is 0 Å². The van der Waals surface area contributed by atoms with Crippen molar-refractivity contribution in [3.8, 4) is 0 Å². The maximum Gasteiger partial charge on any atom is 0.274 e. The number of nitrogens with zero attached hydrogens (tertiary/aromatic N) is 2. The van der Waals surface area contributed by atoms with Gasteiger partial charge in [0.05, 0.1) is 4.92 Å². The van der Waals surface area contributed by atoms with E-state index in [1.165, 1.54) is 0 Å². The van der Waals surface area contributed by atoms with E-state index in [9.17, 15) is 10.1 Å². The molecule has 0 spiro atoms. The van der Waals surface area contributed by atoms with Crippen LogP contribution in [0.4, 0.5) is 0 Å². The second-order valence-electron chi connectivity index (χ2n) is 1.94. The summed E-state index contributed by atoms with van der Waals surface area (Å²) < 4.78 is 0. The number of nitro groups is 1. The van der Waals surface area contributed by atoms with Crippen molar-refractivity contribution in [2.24, 2.45) is 0 Å². The molecule has 0 fully saturated rings. The number of rotatable bonds is 3. The Hall–Kier alpha value is -1.26. The molecule has 0 heterocycles. The quantitative estimate of drug-likeness (QED) is 0.443. The number of hydrogen-bond donors (Lipinski definition) is 1. The smallest absolute Gasteiger partial charge is 0.274 e. The molecule has 1 N–H and O–H groups in total. The summed E-state index contributed by atoms with van der Waals surface area (Å²) >= 11 is 0. The molecule has 0 aliphatic heterocycles. The Balaban J connectivity index is 4.18. The highest BCUT2D eigenvalue weighted by Crippen LogP contribution is 1.90. The SMILES string of the molecule is CN/C(=C/[N+](=O)[O-])N(C)C. The van der Waals surface area contributed by atoms with Crippen LogP contribution in [0.15, 0.2) is 12.0 Å². The predicted octanol–water partition coefficient (Wildman–Crippen LogP) is -0.157. The molecule has 0 bridgehead atoms. The lowest BCUT2D eigenvalue weighted by Crippen LogP contribution is -2.23.